The number of aromatic nitrogens is 2. The molecule has 0 atom stereocenters. The summed E-state index contributed by atoms with van der Waals surface area (Å²) >= 11 is 0. The molecule has 4 rings (SSSR count). The Morgan fingerprint density at radius 1 is 0.939 bits per heavy atom. The molecule has 7 heteroatoms. The predicted molar refractivity (Wildman–Crippen MR) is 126 cm³/mol. The SMILES string of the molecule is Cc1ccc(OCn2cc(NC(=O)c3ccc(COc4cc(C)ccc4C)o3)cn2)c(C)c1. The molecule has 170 valence electrons. The second-order valence-electron chi connectivity index (χ2n) is 8.09. The third-order valence-corrected chi connectivity index (χ3v) is 5.17. The van der Waals surface area contributed by atoms with Crippen LogP contribution in [0.1, 0.15) is 38.6 Å². The number of furan rings is 1. The van der Waals surface area contributed by atoms with E-state index in [0.29, 0.717) is 11.4 Å². The maximum Gasteiger partial charge on any atom is 0.291 e. The molecule has 0 radical (unpaired) electrons. The number of carbonyl (C=O) groups is 1. The average molecular weight is 446 g/mol. The molecular formula is C26H27N3O4. The molecule has 1 N–H and O–H groups in total. The van der Waals surface area contributed by atoms with Gasteiger partial charge in [-0.05, 0) is 68.7 Å². The fourth-order valence-electron chi connectivity index (χ4n) is 3.38. The largest absolute Gasteiger partial charge is 0.485 e. The van der Waals surface area contributed by atoms with Gasteiger partial charge < -0.3 is 19.2 Å². The Kier molecular flexibility index (Phi) is 6.49. The normalized spacial score (nSPS) is 10.8. The zero-order valence-electron chi connectivity index (χ0n) is 19.2. The first-order valence-electron chi connectivity index (χ1n) is 10.7. The van der Waals surface area contributed by atoms with Crippen LogP contribution < -0.4 is 14.8 Å². The summed E-state index contributed by atoms with van der Waals surface area (Å²) in [5, 5.41) is 7.02. The molecule has 0 aliphatic heterocycles. The van der Waals surface area contributed by atoms with Crippen LogP contribution in [0.4, 0.5) is 5.69 Å². The lowest BCUT2D eigenvalue weighted by molar-refractivity contribution is 0.0992. The molecule has 0 aliphatic rings. The summed E-state index contributed by atoms with van der Waals surface area (Å²) in [6, 6.07) is 15.4. The molecule has 0 saturated heterocycles. The average Bonchev–Trinajstić information content (AvgIpc) is 3.43. The molecule has 2 aromatic heterocycles. The van der Waals surface area contributed by atoms with Gasteiger partial charge in [0.1, 0.15) is 23.9 Å². The van der Waals surface area contributed by atoms with Gasteiger partial charge in [-0.25, -0.2) is 4.68 Å². The topological polar surface area (TPSA) is 78.5 Å². The molecule has 2 aromatic carbocycles. The lowest BCUT2D eigenvalue weighted by atomic mass is 10.1. The van der Waals surface area contributed by atoms with Gasteiger partial charge in [0, 0.05) is 0 Å². The number of nitrogens with zero attached hydrogens (tertiary/aromatic N) is 2. The number of amides is 1. The van der Waals surface area contributed by atoms with Crippen LogP contribution in [0.3, 0.4) is 0 Å². The van der Waals surface area contributed by atoms with Crippen LogP contribution in [0.5, 0.6) is 11.5 Å². The Morgan fingerprint density at radius 2 is 1.73 bits per heavy atom. The van der Waals surface area contributed by atoms with E-state index < -0.39 is 0 Å². The van der Waals surface area contributed by atoms with Crippen LogP contribution >= 0.6 is 0 Å². The van der Waals surface area contributed by atoms with Gasteiger partial charge in [0.05, 0.1) is 18.1 Å². The Labute approximate surface area is 192 Å². The molecule has 0 spiro atoms. The summed E-state index contributed by atoms with van der Waals surface area (Å²) in [6.45, 7) is 8.52. The maximum absolute atomic E-state index is 12.6. The Bertz CT molecular complexity index is 1270. The lowest BCUT2D eigenvalue weighted by Crippen LogP contribution is -2.10. The van der Waals surface area contributed by atoms with Gasteiger partial charge in [0.2, 0.25) is 0 Å². The summed E-state index contributed by atoms with van der Waals surface area (Å²) < 4.78 is 18.9. The zero-order chi connectivity index (χ0) is 23.4. The fraction of sp³-hybridized carbons (Fsp3) is 0.231. The summed E-state index contributed by atoms with van der Waals surface area (Å²) in [4.78, 5) is 12.6. The standard InChI is InChI=1S/C26H27N3O4/c1-17-6-9-23(20(4)11-17)32-16-29-14-21(13-27-29)28-26(30)24-10-8-22(33-24)15-31-25-12-18(2)5-7-19(25)3/h5-14H,15-16H2,1-4H3,(H,28,30). The first-order valence-corrected chi connectivity index (χ1v) is 10.7. The zero-order valence-corrected chi connectivity index (χ0v) is 19.2. The third kappa shape index (κ3) is 5.63. The van der Waals surface area contributed by atoms with E-state index in [1.165, 1.54) is 5.56 Å². The smallest absolute Gasteiger partial charge is 0.291 e. The molecule has 0 aliphatic carbocycles. The van der Waals surface area contributed by atoms with Crippen molar-refractivity contribution in [1.29, 1.82) is 0 Å². The van der Waals surface area contributed by atoms with Crippen LogP contribution in [0.25, 0.3) is 0 Å². The number of carbonyl (C=O) groups excluding carboxylic acids is 1. The second kappa shape index (κ2) is 9.65. The van der Waals surface area contributed by atoms with Crippen molar-refractivity contribution < 1.29 is 18.7 Å². The van der Waals surface area contributed by atoms with Crippen LogP contribution in [0.2, 0.25) is 0 Å². The number of rotatable bonds is 8. The quantitative estimate of drug-likeness (QED) is 0.383. The fourth-order valence-corrected chi connectivity index (χ4v) is 3.38. The van der Waals surface area contributed by atoms with E-state index in [1.54, 1.807) is 29.2 Å². The van der Waals surface area contributed by atoms with Crippen LogP contribution in [0.15, 0.2) is 65.3 Å². The van der Waals surface area contributed by atoms with Gasteiger partial charge in [-0.2, -0.15) is 5.10 Å². The molecule has 0 saturated carbocycles. The van der Waals surface area contributed by atoms with Crippen molar-refractivity contribution in [3.63, 3.8) is 0 Å². The Balaban J connectivity index is 1.31. The van der Waals surface area contributed by atoms with Crippen LogP contribution in [-0.4, -0.2) is 15.7 Å². The molecule has 33 heavy (non-hydrogen) atoms. The van der Waals surface area contributed by atoms with E-state index in [1.807, 2.05) is 58.0 Å². The van der Waals surface area contributed by atoms with Gasteiger partial charge in [0.15, 0.2) is 12.5 Å². The number of nitrogens with one attached hydrogen (secondary N) is 1. The first kappa shape index (κ1) is 22.2. The van der Waals surface area contributed by atoms with E-state index in [9.17, 15) is 4.79 Å². The van der Waals surface area contributed by atoms with Gasteiger partial charge in [-0.3, -0.25) is 4.79 Å². The minimum absolute atomic E-state index is 0.203. The Hall–Kier alpha value is -4.00. The summed E-state index contributed by atoms with van der Waals surface area (Å²) in [7, 11) is 0. The molecule has 7 nitrogen and oxygen atoms in total. The summed E-state index contributed by atoms with van der Waals surface area (Å²) in [5.74, 6) is 2.01. The summed E-state index contributed by atoms with van der Waals surface area (Å²) in [5.41, 5.74) is 4.96. The monoisotopic (exact) mass is 445 g/mol. The molecular weight excluding hydrogens is 418 g/mol. The van der Waals surface area contributed by atoms with Gasteiger partial charge in [0.25, 0.3) is 5.91 Å². The van der Waals surface area contributed by atoms with Crippen molar-refractivity contribution >= 4 is 11.6 Å². The maximum atomic E-state index is 12.6. The molecule has 1 amide bonds. The van der Waals surface area contributed by atoms with Crippen molar-refractivity contribution in [3.8, 4) is 11.5 Å². The minimum Gasteiger partial charge on any atom is -0.485 e. The highest BCUT2D eigenvalue weighted by atomic mass is 16.5. The molecule has 0 fully saturated rings. The highest BCUT2D eigenvalue weighted by Crippen LogP contribution is 2.22. The van der Waals surface area contributed by atoms with Gasteiger partial charge in [-0.1, -0.05) is 29.8 Å². The van der Waals surface area contributed by atoms with E-state index in [4.69, 9.17) is 13.9 Å². The molecule has 2 heterocycles. The van der Waals surface area contributed by atoms with Crippen molar-refractivity contribution in [2.75, 3.05) is 5.32 Å². The highest BCUT2D eigenvalue weighted by Gasteiger charge is 2.13. The van der Waals surface area contributed by atoms with E-state index in [2.05, 4.69) is 16.5 Å². The lowest BCUT2D eigenvalue weighted by Gasteiger charge is -2.09. The second-order valence-corrected chi connectivity index (χ2v) is 8.09. The Morgan fingerprint density at radius 3 is 2.55 bits per heavy atom. The number of anilines is 1. The van der Waals surface area contributed by atoms with Gasteiger partial charge in [-0.15, -0.1) is 0 Å². The molecule has 0 bridgehead atoms. The number of aryl methyl sites for hydroxylation is 4. The van der Waals surface area contributed by atoms with E-state index >= 15 is 0 Å². The number of ether oxygens (including phenoxy) is 2. The molecule has 0 unspecified atom stereocenters. The first-order chi connectivity index (χ1) is 15.9. The number of hydrogen-bond donors (Lipinski definition) is 1. The third-order valence-electron chi connectivity index (χ3n) is 5.17. The number of hydrogen-bond acceptors (Lipinski definition) is 5. The van der Waals surface area contributed by atoms with Crippen molar-refractivity contribution in [2.24, 2.45) is 0 Å². The minimum atomic E-state index is -0.358. The van der Waals surface area contributed by atoms with Crippen LogP contribution in [-0.2, 0) is 13.3 Å². The predicted octanol–water partition coefficient (Wildman–Crippen LogP) is 5.58. The molecule has 4 aromatic rings. The number of benzene rings is 2. The highest BCUT2D eigenvalue weighted by molar-refractivity contribution is 6.02. The van der Waals surface area contributed by atoms with Crippen molar-refractivity contribution in [2.45, 2.75) is 41.0 Å². The van der Waals surface area contributed by atoms with E-state index in [0.717, 1.165) is 28.2 Å². The van der Waals surface area contributed by atoms with Gasteiger partial charge >= 0.3 is 0 Å². The summed E-state index contributed by atoms with van der Waals surface area (Å²) in [6.07, 6.45) is 3.27. The van der Waals surface area contributed by atoms with E-state index in [-0.39, 0.29) is 25.0 Å². The van der Waals surface area contributed by atoms with Crippen molar-refractivity contribution in [3.05, 3.63) is 94.7 Å². The van der Waals surface area contributed by atoms with Crippen molar-refractivity contribution in [1.82, 2.24) is 9.78 Å². The van der Waals surface area contributed by atoms with Crippen LogP contribution in [0, 0.1) is 27.7 Å².